The third kappa shape index (κ3) is 12.1. The molecule has 1 saturated carbocycles. The van der Waals surface area contributed by atoms with Crippen molar-refractivity contribution < 1.29 is 28.5 Å². The number of benzene rings is 2. The van der Waals surface area contributed by atoms with Crippen LogP contribution in [-0.4, -0.2) is 51.3 Å². The van der Waals surface area contributed by atoms with Gasteiger partial charge in [-0.2, -0.15) is 0 Å². The van der Waals surface area contributed by atoms with Gasteiger partial charge in [-0.25, -0.2) is 0 Å². The number of rotatable bonds is 22. The van der Waals surface area contributed by atoms with E-state index in [0.29, 0.717) is 47.3 Å². The van der Waals surface area contributed by atoms with Crippen LogP contribution in [0.1, 0.15) is 131 Å². The zero-order valence-electron chi connectivity index (χ0n) is 28.1. The van der Waals surface area contributed by atoms with Crippen molar-refractivity contribution in [2.24, 2.45) is 0 Å². The number of hydrogen-bond donors (Lipinski definition) is 2. The maximum absolute atomic E-state index is 13.2. The van der Waals surface area contributed by atoms with E-state index in [1.54, 1.807) is 50.6 Å². The highest BCUT2D eigenvalue weighted by Crippen LogP contribution is 2.30. The van der Waals surface area contributed by atoms with Gasteiger partial charge in [-0.15, -0.1) is 0 Å². The number of amides is 2. The van der Waals surface area contributed by atoms with Crippen LogP contribution in [0.3, 0.4) is 0 Å². The molecule has 45 heavy (non-hydrogen) atoms. The molecule has 0 spiro atoms. The maximum Gasteiger partial charge on any atom is 0.251 e. The van der Waals surface area contributed by atoms with E-state index in [-0.39, 0.29) is 23.9 Å². The summed E-state index contributed by atoms with van der Waals surface area (Å²) in [5.74, 6) is 1.97. The molecule has 1 fully saturated rings. The maximum atomic E-state index is 13.2. The van der Waals surface area contributed by atoms with E-state index in [9.17, 15) is 9.59 Å². The molecule has 1 aliphatic carbocycles. The minimum Gasteiger partial charge on any atom is -0.493 e. The largest absolute Gasteiger partial charge is 0.493 e. The van der Waals surface area contributed by atoms with Gasteiger partial charge in [0.1, 0.15) is 0 Å². The number of unbranched alkanes of at least 4 members (excludes halogenated alkanes) is 10. The summed E-state index contributed by atoms with van der Waals surface area (Å²) in [7, 11) is 3.17. The molecule has 8 nitrogen and oxygen atoms in total. The summed E-state index contributed by atoms with van der Waals surface area (Å²) in [6.07, 6.45) is 16.8. The molecule has 2 aromatic rings. The molecule has 2 atom stereocenters. The van der Waals surface area contributed by atoms with E-state index in [1.165, 1.54) is 51.4 Å². The van der Waals surface area contributed by atoms with Gasteiger partial charge >= 0.3 is 0 Å². The Morgan fingerprint density at radius 2 is 1.00 bits per heavy atom. The van der Waals surface area contributed by atoms with Crippen molar-refractivity contribution in [3.8, 4) is 23.0 Å². The molecule has 0 radical (unpaired) electrons. The molecular weight excluding hydrogens is 568 g/mol. The van der Waals surface area contributed by atoms with Gasteiger partial charge in [-0.1, -0.05) is 78.1 Å². The quantitative estimate of drug-likeness (QED) is 0.128. The van der Waals surface area contributed by atoms with Crippen molar-refractivity contribution in [2.75, 3.05) is 27.4 Å². The summed E-state index contributed by atoms with van der Waals surface area (Å²) in [4.78, 5) is 26.4. The number of carbonyl (C=O) groups is 2. The second-order valence-corrected chi connectivity index (χ2v) is 12.1. The van der Waals surface area contributed by atoms with Gasteiger partial charge in [0, 0.05) is 23.2 Å². The van der Waals surface area contributed by atoms with Crippen LogP contribution in [0.15, 0.2) is 36.4 Å². The lowest BCUT2D eigenvalue weighted by atomic mass is 10.1. The van der Waals surface area contributed by atoms with Crippen LogP contribution in [0, 0.1) is 0 Å². The van der Waals surface area contributed by atoms with Crippen LogP contribution in [0.25, 0.3) is 0 Å². The highest BCUT2D eigenvalue weighted by atomic mass is 16.5. The van der Waals surface area contributed by atoms with Crippen molar-refractivity contribution in [1.29, 1.82) is 0 Å². The van der Waals surface area contributed by atoms with E-state index in [4.69, 9.17) is 18.9 Å². The minimum absolute atomic E-state index is 0.169. The van der Waals surface area contributed by atoms with Crippen LogP contribution in [0.2, 0.25) is 0 Å². The smallest absolute Gasteiger partial charge is 0.251 e. The van der Waals surface area contributed by atoms with E-state index >= 15 is 0 Å². The highest BCUT2D eigenvalue weighted by Gasteiger charge is 2.30. The van der Waals surface area contributed by atoms with Gasteiger partial charge in [0.2, 0.25) is 0 Å². The van der Waals surface area contributed by atoms with Gasteiger partial charge in [0.15, 0.2) is 23.0 Å². The van der Waals surface area contributed by atoms with Gasteiger partial charge in [0.25, 0.3) is 11.8 Å². The molecule has 0 aliphatic heterocycles. The number of hydrogen-bond acceptors (Lipinski definition) is 6. The topological polar surface area (TPSA) is 95.1 Å². The highest BCUT2D eigenvalue weighted by molar-refractivity contribution is 5.96. The fourth-order valence-electron chi connectivity index (χ4n) is 5.79. The van der Waals surface area contributed by atoms with Crippen LogP contribution >= 0.6 is 0 Å². The zero-order valence-corrected chi connectivity index (χ0v) is 28.1. The Kier molecular flexibility index (Phi) is 16.5. The molecular formula is C37H56N2O6. The van der Waals surface area contributed by atoms with E-state index in [2.05, 4.69) is 24.5 Å². The lowest BCUT2D eigenvalue weighted by Gasteiger charge is -2.23. The molecule has 2 amide bonds. The fourth-order valence-corrected chi connectivity index (χ4v) is 5.79. The molecule has 3 rings (SSSR count). The summed E-state index contributed by atoms with van der Waals surface area (Å²) in [6, 6.07) is 10.2. The Balaban J connectivity index is 1.50. The van der Waals surface area contributed by atoms with Crippen molar-refractivity contribution in [3.05, 3.63) is 47.5 Å². The predicted molar refractivity (Wildman–Crippen MR) is 180 cm³/mol. The molecule has 2 aromatic carbocycles. The summed E-state index contributed by atoms with van der Waals surface area (Å²) < 4.78 is 23.0. The van der Waals surface area contributed by atoms with Gasteiger partial charge in [-0.3, -0.25) is 9.59 Å². The summed E-state index contributed by atoms with van der Waals surface area (Å²) in [5, 5.41) is 6.26. The van der Waals surface area contributed by atoms with Gasteiger partial charge in [0.05, 0.1) is 27.4 Å². The average Bonchev–Trinajstić information content (AvgIpc) is 3.49. The molecule has 1 aliphatic rings. The monoisotopic (exact) mass is 624 g/mol. The second kappa shape index (κ2) is 20.6. The molecule has 0 heterocycles. The summed E-state index contributed by atoms with van der Waals surface area (Å²) in [6.45, 7) is 5.68. The molecule has 250 valence electrons. The first-order valence-electron chi connectivity index (χ1n) is 17.2. The third-order valence-corrected chi connectivity index (χ3v) is 8.51. The standard InChI is InChI=1S/C37H56N2O6/c1-5-7-9-11-13-15-24-44-32-22-20-28(26-34(32)42-3)36(40)38-30-18-17-19-31(30)39-37(41)29-21-23-33(35(27-29)43-4)45-25-16-14-12-10-8-6-2/h20-23,26-27,30-31H,5-19,24-25H2,1-4H3,(H,38,40)(H,39,41). The van der Waals surface area contributed by atoms with Gasteiger partial charge < -0.3 is 29.6 Å². The SMILES string of the molecule is CCCCCCCCOc1ccc(C(=O)NC2CCCC2NC(=O)c2ccc(OCCCCCCCC)c(OC)c2)cc1OC. The van der Waals surface area contributed by atoms with Crippen molar-refractivity contribution >= 4 is 11.8 Å². The number of ether oxygens (including phenoxy) is 4. The van der Waals surface area contributed by atoms with Crippen molar-refractivity contribution in [3.63, 3.8) is 0 Å². The molecule has 0 aromatic heterocycles. The van der Waals surface area contributed by atoms with Crippen LogP contribution in [-0.2, 0) is 0 Å². The van der Waals surface area contributed by atoms with Crippen molar-refractivity contribution in [2.45, 2.75) is 122 Å². The lowest BCUT2D eigenvalue weighted by Crippen LogP contribution is -2.48. The van der Waals surface area contributed by atoms with Gasteiger partial charge in [-0.05, 0) is 68.5 Å². The Bertz CT molecular complexity index is 1080. The third-order valence-electron chi connectivity index (χ3n) is 8.51. The second-order valence-electron chi connectivity index (χ2n) is 12.1. The van der Waals surface area contributed by atoms with E-state index in [1.807, 2.05) is 0 Å². The summed E-state index contributed by atoms with van der Waals surface area (Å²) in [5.41, 5.74) is 0.994. The minimum atomic E-state index is -0.199. The van der Waals surface area contributed by atoms with E-state index < -0.39 is 0 Å². The Hall–Kier alpha value is -3.42. The number of nitrogens with one attached hydrogen (secondary N) is 2. The van der Waals surface area contributed by atoms with E-state index in [0.717, 1.165) is 44.9 Å². The Morgan fingerprint density at radius 1 is 0.600 bits per heavy atom. The number of methoxy groups -OCH3 is 2. The predicted octanol–water partition coefficient (Wildman–Crippen LogP) is 8.26. The fraction of sp³-hybridized carbons (Fsp3) is 0.622. The van der Waals surface area contributed by atoms with Crippen LogP contribution in [0.5, 0.6) is 23.0 Å². The summed E-state index contributed by atoms with van der Waals surface area (Å²) >= 11 is 0. The average molecular weight is 625 g/mol. The van der Waals surface area contributed by atoms with Crippen molar-refractivity contribution in [1.82, 2.24) is 10.6 Å². The molecule has 8 heteroatoms. The lowest BCUT2D eigenvalue weighted by molar-refractivity contribution is 0.0891. The molecule has 0 bridgehead atoms. The molecule has 2 N–H and O–H groups in total. The normalized spacial score (nSPS) is 15.8. The first-order valence-corrected chi connectivity index (χ1v) is 17.2. The Morgan fingerprint density at radius 3 is 1.40 bits per heavy atom. The first kappa shape index (κ1) is 36.1. The van der Waals surface area contributed by atoms with Crippen LogP contribution in [0.4, 0.5) is 0 Å². The number of carbonyl (C=O) groups excluding carboxylic acids is 2. The Labute approximate surface area is 270 Å². The first-order chi connectivity index (χ1) is 22.0. The van der Waals surface area contributed by atoms with Crippen LogP contribution < -0.4 is 29.6 Å². The molecule has 0 saturated heterocycles. The zero-order chi connectivity index (χ0) is 32.3. The molecule has 2 unspecified atom stereocenters.